The van der Waals surface area contributed by atoms with Crippen molar-refractivity contribution in [3.05, 3.63) is 28.8 Å². The first-order valence-electron chi connectivity index (χ1n) is 8.89. The number of carbonyl (C=O) groups is 1. The summed E-state index contributed by atoms with van der Waals surface area (Å²) in [5.41, 5.74) is 10.3. The quantitative estimate of drug-likeness (QED) is 0.854. The van der Waals surface area contributed by atoms with Gasteiger partial charge in [0.15, 0.2) is 0 Å². The van der Waals surface area contributed by atoms with E-state index in [2.05, 4.69) is 32.9 Å². The molecule has 24 heavy (non-hydrogen) atoms. The van der Waals surface area contributed by atoms with E-state index < -0.39 is 5.60 Å². The van der Waals surface area contributed by atoms with Crippen molar-refractivity contribution in [1.29, 1.82) is 0 Å². The maximum atomic E-state index is 12.7. The fourth-order valence-corrected chi connectivity index (χ4v) is 3.30. The van der Waals surface area contributed by atoms with Crippen LogP contribution in [0, 0.1) is 0 Å². The van der Waals surface area contributed by atoms with Crippen molar-refractivity contribution in [2.45, 2.75) is 78.4 Å². The number of carbonyl (C=O) groups excluding carboxylic acids is 1. The number of hydrogen-bond acceptors (Lipinski definition) is 3. The van der Waals surface area contributed by atoms with E-state index in [0.29, 0.717) is 6.54 Å². The Hall–Kier alpha value is -1.55. The van der Waals surface area contributed by atoms with Crippen molar-refractivity contribution < 1.29 is 9.53 Å². The molecule has 4 heteroatoms. The molecule has 1 aliphatic heterocycles. The Kier molecular flexibility index (Phi) is 5.01. The zero-order valence-electron chi connectivity index (χ0n) is 16.2. The molecule has 0 fully saturated rings. The highest BCUT2D eigenvalue weighted by atomic mass is 16.6. The number of rotatable bonds is 2. The van der Waals surface area contributed by atoms with Gasteiger partial charge in [-0.25, -0.2) is 4.79 Å². The zero-order chi connectivity index (χ0) is 18.3. The third kappa shape index (κ3) is 3.75. The molecule has 134 valence electrons. The number of amides is 1. The first-order chi connectivity index (χ1) is 11.0. The Morgan fingerprint density at radius 3 is 2.50 bits per heavy atom. The second-order valence-electron chi connectivity index (χ2n) is 8.48. The molecular formula is C20H32N2O2. The van der Waals surface area contributed by atoms with Gasteiger partial charge in [-0.2, -0.15) is 0 Å². The van der Waals surface area contributed by atoms with E-state index >= 15 is 0 Å². The molecule has 1 aromatic carbocycles. The second-order valence-corrected chi connectivity index (χ2v) is 8.48. The van der Waals surface area contributed by atoms with Gasteiger partial charge in [-0.15, -0.1) is 0 Å². The van der Waals surface area contributed by atoms with Crippen LogP contribution in [0.25, 0.3) is 0 Å². The molecule has 2 N–H and O–H groups in total. The third-order valence-electron chi connectivity index (χ3n) is 4.72. The highest BCUT2D eigenvalue weighted by Gasteiger charge is 2.36. The molecule has 0 saturated carbocycles. The fraction of sp³-hybridized carbons (Fsp3) is 0.650. The molecule has 0 aromatic heterocycles. The molecule has 1 atom stereocenters. The Morgan fingerprint density at radius 1 is 1.38 bits per heavy atom. The summed E-state index contributed by atoms with van der Waals surface area (Å²) in [5.74, 6) is 0. The van der Waals surface area contributed by atoms with E-state index in [0.717, 1.165) is 24.1 Å². The molecule has 1 heterocycles. The van der Waals surface area contributed by atoms with Crippen LogP contribution in [0.15, 0.2) is 12.1 Å². The summed E-state index contributed by atoms with van der Waals surface area (Å²) in [4.78, 5) is 14.5. The summed E-state index contributed by atoms with van der Waals surface area (Å²) >= 11 is 0. The minimum atomic E-state index is -0.502. The van der Waals surface area contributed by atoms with Crippen LogP contribution < -0.4 is 10.6 Å². The SMILES string of the molecule is CCc1cc2c(cc1[C@H](C)N)N(C(=O)OC(C)(C)C)CCC2(C)C. The van der Waals surface area contributed by atoms with E-state index in [1.807, 2.05) is 27.7 Å². The molecule has 1 aromatic rings. The Bertz CT molecular complexity index is 627. The van der Waals surface area contributed by atoms with Crippen molar-refractivity contribution >= 4 is 11.8 Å². The molecule has 1 aliphatic rings. The summed E-state index contributed by atoms with van der Waals surface area (Å²) in [6, 6.07) is 4.28. The van der Waals surface area contributed by atoms with E-state index in [9.17, 15) is 4.79 Å². The van der Waals surface area contributed by atoms with Crippen molar-refractivity contribution in [3.63, 3.8) is 0 Å². The van der Waals surface area contributed by atoms with Crippen molar-refractivity contribution in [3.8, 4) is 0 Å². The highest BCUT2D eigenvalue weighted by molar-refractivity contribution is 5.90. The molecule has 2 rings (SSSR count). The summed E-state index contributed by atoms with van der Waals surface area (Å²) in [5, 5.41) is 0. The number of aryl methyl sites for hydroxylation is 1. The van der Waals surface area contributed by atoms with Crippen LogP contribution in [-0.2, 0) is 16.6 Å². The molecule has 0 radical (unpaired) electrons. The van der Waals surface area contributed by atoms with Gasteiger partial charge in [0.1, 0.15) is 5.60 Å². The topological polar surface area (TPSA) is 55.6 Å². The number of benzene rings is 1. The van der Waals surface area contributed by atoms with Gasteiger partial charge < -0.3 is 10.5 Å². The molecule has 4 nitrogen and oxygen atoms in total. The Labute approximate surface area is 146 Å². The van der Waals surface area contributed by atoms with E-state index in [4.69, 9.17) is 10.5 Å². The van der Waals surface area contributed by atoms with Crippen LogP contribution in [0.3, 0.4) is 0 Å². The lowest BCUT2D eigenvalue weighted by Gasteiger charge is -2.40. The van der Waals surface area contributed by atoms with E-state index in [1.165, 1.54) is 11.1 Å². The lowest BCUT2D eigenvalue weighted by Crippen LogP contribution is -2.43. The number of hydrogen-bond donors (Lipinski definition) is 1. The predicted molar refractivity (Wildman–Crippen MR) is 99.6 cm³/mol. The molecule has 0 spiro atoms. The first kappa shape index (κ1) is 18.8. The largest absolute Gasteiger partial charge is 0.443 e. The van der Waals surface area contributed by atoms with Gasteiger partial charge in [-0.1, -0.05) is 26.8 Å². The maximum absolute atomic E-state index is 12.7. The van der Waals surface area contributed by atoms with Crippen LogP contribution in [0.1, 0.15) is 77.6 Å². The Balaban J connectivity index is 2.55. The van der Waals surface area contributed by atoms with Gasteiger partial charge in [-0.05, 0) is 68.7 Å². The van der Waals surface area contributed by atoms with Crippen LogP contribution >= 0.6 is 0 Å². The average Bonchev–Trinajstić information content (AvgIpc) is 2.44. The summed E-state index contributed by atoms with van der Waals surface area (Å²) in [7, 11) is 0. The second kappa shape index (κ2) is 6.40. The summed E-state index contributed by atoms with van der Waals surface area (Å²) in [6.07, 6.45) is 1.58. The number of fused-ring (bicyclic) bond motifs is 1. The van der Waals surface area contributed by atoms with Crippen molar-refractivity contribution in [1.82, 2.24) is 0 Å². The lowest BCUT2D eigenvalue weighted by atomic mass is 9.76. The zero-order valence-corrected chi connectivity index (χ0v) is 16.2. The van der Waals surface area contributed by atoms with Gasteiger partial charge in [0.2, 0.25) is 0 Å². The van der Waals surface area contributed by atoms with Crippen LogP contribution in [0.2, 0.25) is 0 Å². The monoisotopic (exact) mass is 332 g/mol. The highest BCUT2D eigenvalue weighted by Crippen LogP contribution is 2.42. The van der Waals surface area contributed by atoms with Gasteiger partial charge >= 0.3 is 6.09 Å². The number of anilines is 1. The van der Waals surface area contributed by atoms with Crippen LogP contribution in [-0.4, -0.2) is 18.2 Å². The standard InChI is InChI=1S/C20H32N2O2/c1-8-14-11-16-17(12-15(14)13(2)21)22(10-9-20(16,6)7)18(23)24-19(3,4)5/h11-13H,8-10,21H2,1-7H3/t13-/m0/s1. The summed E-state index contributed by atoms with van der Waals surface area (Å²) in [6.45, 7) is 15.0. The maximum Gasteiger partial charge on any atom is 0.414 e. The first-order valence-corrected chi connectivity index (χ1v) is 8.89. The molecule has 0 unspecified atom stereocenters. The lowest BCUT2D eigenvalue weighted by molar-refractivity contribution is 0.0574. The smallest absolute Gasteiger partial charge is 0.414 e. The van der Waals surface area contributed by atoms with Crippen molar-refractivity contribution in [2.75, 3.05) is 11.4 Å². The minimum absolute atomic E-state index is 0.0358. The number of nitrogens with two attached hydrogens (primary N) is 1. The van der Waals surface area contributed by atoms with Gasteiger partial charge in [0.25, 0.3) is 0 Å². The normalized spacial score (nSPS) is 18.1. The van der Waals surface area contributed by atoms with Gasteiger partial charge in [0, 0.05) is 12.6 Å². The van der Waals surface area contributed by atoms with Gasteiger partial charge in [-0.3, -0.25) is 4.90 Å². The third-order valence-corrected chi connectivity index (χ3v) is 4.72. The van der Waals surface area contributed by atoms with Crippen LogP contribution in [0.5, 0.6) is 0 Å². The molecule has 1 amide bonds. The molecule has 0 aliphatic carbocycles. The minimum Gasteiger partial charge on any atom is -0.443 e. The molecule has 0 bridgehead atoms. The average molecular weight is 332 g/mol. The van der Waals surface area contributed by atoms with E-state index in [-0.39, 0.29) is 17.6 Å². The van der Waals surface area contributed by atoms with Crippen molar-refractivity contribution in [2.24, 2.45) is 5.73 Å². The predicted octanol–water partition coefficient (Wildman–Crippen LogP) is 4.69. The fourth-order valence-electron chi connectivity index (χ4n) is 3.30. The number of ether oxygens (including phenoxy) is 1. The molecule has 0 saturated heterocycles. The number of nitrogens with zero attached hydrogens (tertiary/aromatic N) is 1. The molecular weight excluding hydrogens is 300 g/mol. The van der Waals surface area contributed by atoms with Crippen LogP contribution in [0.4, 0.5) is 10.5 Å². The van der Waals surface area contributed by atoms with Gasteiger partial charge in [0.05, 0.1) is 5.69 Å². The van der Waals surface area contributed by atoms with E-state index in [1.54, 1.807) is 4.90 Å². The summed E-state index contributed by atoms with van der Waals surface area (Å²) < 4.78 is 5.61. The Morgan fingerprint density at radius 2 is 2.00 bits per heavy atom.